The molecule has 4 aromatic rings. The molecule has 2 heterocycles. The van der Waals surface area contributed by atoms with Gasteiger partial charge in [-0.25, -0.2) is 9.78 Å². The minimum atomic E-state index is -0.463. The first kappa shape index (κ1) is 24.8. The number of benzene rings is 2. The number of anilines is 1. The summed E-state index contributed by atoms with van der Waals surface area (Å²) in [6, 6.07) is 14.8. The highest BCUT2D eigenvalue weighted by Gasteiger charge is 2.23. The topological polar surface area (TPSA) is 68.3 Å². The highest BCUT2D eigenvalue weighted by molar-refractivity contribution is 8.01. The molecule has 5 nitrogen and oxygen atoms in total. The van der Waals surface area contributed by atoms with E-state index in [1.807, 2.05) is 47.2 Å². The van der Waals surface area contributed by atoms with E-state index in [2.05, 4.69) is 10.3 Å². The van der Waals surface area contributed by atoms with Gasteiger partial charge in [0.2, 0.25) is 5.91 Å². The van der Waals surface area contributed by atoms with E-state index >= 15 is 0 Å². The van der Waals surface area contributed by atoms with Crippen LogP contribution in [0.15, 0.2) is 63.6 Å². The molecular weight excluding hydrogens is 531 g/mol. The fourth-order valence-electron chi connectivity index (χ4n) is 3.12. The average molecular weight is 550 g/mol. The van der Waals surface area contributed by atoms with Crippen LogP contribution in [0.3, 0.4) is 0 Å². The molecular formula is C24H18Cl2N2O3S3. The van der Waals surface area contributed by atoms with Crippen LogP contribution in [-0.2, 0) is 9.53 Å². The lowest BCUT2D eigenvalue weighted by atomic mass is 10.0. The van der Waals surface area contributed by atoms with Crippen LogP contribution in [0.2, 0.25) is 10.0 Å². The van der Waals surface area contributed by atoms with Crippen LogP contribution in [0, 0.1) is 0 Å². The lowest BCUT2D eigenvalue weighted by molar-refractivity contribution is -0.113. The molecule has 0 fully saturated rings. The van der Waals surface area contributed by atoms with Crippen molar-refractivity contribution < 1.29 is 14.3 Å². The van der Waals surface area contributed by atoms with E-state index in [1.54, 1.807) is 19.1 Å². The number of halogens is 2. The summed E-state index contributed by atoms with van der Waals surface area (Å²) in [4.78, 5) is 29.9. The van der Waals surface area contributed by atoms with Crippen LogP contribution < -0.4 is 5.32 Å². The summed E-state index contributed by atoms with van der Waals surface area (Å²) in [7, 11) is 0. The molecule has 2 aromatic carbocycles. The van der Waals surface area contributed by atoms with Gasteiger partial charge in [0.1, 0.15) is 10.6 Å². The minimum Gasteiger partial charge on any atom is -0.462 e. The van der Waals surface area contributed by atoms with Gasteiger partial charge in [-0.2, -0.15) is 0 Å². The van der Waals surface area contributed by atoms with Crippen molar-refractivity contribution in [3.8, 4) is 22.4 Å². The summed E-state index contributed by atoms with van der Waals surface area (Å²) in [6.07, 6.45) is 0. The first-order valence-corrected chi connectivity index (χ1v) is 13.6. The van der Waals surface area contributed by atoms with E-state index < -0.39 is 5.97 Å². The van der Waals surface area contributed by atoms with Crippen molar-refractivity contribution in [2.45, 2.75) is 11.3 Å². The number of thiophene rings is 1. The monoisotopic (exact) mass is 548 g/mol. The van der Waals surface area contributed by atoms with Gasteiger partial charge in [0.15, 0.2) is 4.34 Å². The van der Waals surface area contributed by atoms with Gasteiger partial charge in [-0.05, 0) is 30.7 Å². The number of hydrogen-bond acceptors (Lipinski definition) is 7. The second-order valence-corrected chi connectivity index (χ2v) is 10.7. The maximum absolute atomic E-state index is 12.7. The third kappa shape index (κ3) is 5.82. The molecule has 0 radical (unpaired) electrons. The van der Waals surface area contributed by atoms with Crippen LogP contribution in [-0.4, -0.2) is 29.2 Å². The lowest BCUT2D eigenvalue weighted by Crippen LogP contribution is -2.16. The molecule has 0 unspecified atom stereocenters. The number of amides is 1. The Morgan fingerprint density at radius 1 is 1.06 bits per heavy atom. The van der Waals surface area contributed by atoms with Gasteiger partial charge in [0.05, 0.1) is 23.1 Å². The van der Waals surface area contributed by atoms with Crippen molar-refractivity contribution in [1.82, 2.24) is 4.98 Å². The number of esters is 1. The summed E-state index contributed by atoms with van der Waals surface area (Å²) in [5.74, 6) is -0.560. The van der Waals surface area contributed by atoms with Gasteiger partial charge in [-0.15, -0.1) is 22.7 Å². The third-order valence-corrected chi connectivity index (χ3v) is 8.09. The smallest absolute Gasteiger partial charge is 0.341 e. The van der Waals surface area contributed by atoms with Crippen LogP contribution in [0.5, 0.6) is 0 Å². The lowest BCUT2D eigenvalue weighted by Gasteiger charge is -2.08. The number of carbonyl (C=O) groups is 2. The number of aromatic nitrogens is 1. The molecule has 4 rings (SSSR count). The molecule has 0 atom stereocenters. The highest BCUT2D eigenvalue weighted by atomic mass is 35.5. The molecule has 0 aliphatic heterocycles. The number of rotatable bonds is 8. The van der Waals surface area contributed by atoms with Gasteiger partial charge in [0, 0.05) is 26.9 Å². The quantitative estimate of drug-likeness (QED) is 0.180. The Morgan fingerprint density at radius 2 is 1.85 bits per heavy atom. The SMILES string of the molecule is CCOC(=O)c1c(-c2ccccc2)csc1NC(=O)CSc1nc(-c2ccc(Cl)cc2Cl)cs1. The molecule has 1 amide bonds. The number of thioether (sulfide) groups is 1. The van der Waals surface area contributed by atoms with Gasteiger partial charge < -0.3 is 10.1 Å². The van der Waals surface area contributed by atoms with Crippen molar-refractivity contribution in [3.05, 3.63) is 74.9 Å². The van der Waals surface area contributed by atoms with E-state index in [9.17, 15) is 9.59 Å². The van der Waals surface area contributed by atoms with E-state index in [4.69, 9.17) is 27.9 Å². The second kappa shape index (κ2) is 11.4. The number of thiazole rings is 1. The van der Waals surface area contributed by atoms with Crippen LogP contribution in [0.1, 0.15) is 17.3 Å². The Bertz CT molecular complexity index is 1320. The predicted octanol–water partition coefficient (Wildman–Crippen LogP) is 7.75. The van der Waals surface area contributed by atoms with Crippen molar-refractivity contribution >= 4 is 74.5 Å². The Kier molecular flexibility index (Phi) is 8.28. The molecule has 0 saturated heterocycles. The van der Waals surface area contributed by atoms with E-state index in [0.29, 0.717) is 20.6 Å². The van der Waals surface area contributed by atoms with Gasteiger partial charge >= 0.3 is 5.97 Å². The first-order chi connectivity index (χ1) is 16.5. The number of carbonyl (C=O) groups excluding carboxylic acids is 2. The summed E-state index contributed by atoms with van der Waals surface area (Å²) in [5.41, 5.74) is 3.49. The minimum absolute atomic E-state index is 0.141. The zero-order chi connectivity index (χ0) is 24.1. The van der Waals surface area contributed by atoms with Crippen molar-refractivity contribution in [3.63, 3.8) is 0 Å². The maximum atomic E-state index is 12.7. The molecule has 174 valence electrons. The predicted molar refractivity (Wildman–Crippen MR) is 143 cm³/mol. The largest absolute Gasteiger partial charge is 0.462 e. The molecule has 1 N–H and O–H groups in total. The molecule has 0 aliphatic rings. The maximum Gasteiger partial charge on any atom is 0.341 e. The van der Waals surface area contributed by atoms with Crippen molar-refractivity contribution in [2.75, 3.05) is 17.7 Å². The van der Waals surface area contributed by atoms with Crippen molar-refractivity contribution in [1.29, 1.82) is 0 Å². The Labute approximate surface area is 219 Å². The average Bonchev–Trinajstić information content (AvgIpc) is 3.46. The summed E-state index contributed by atoms with van der Waals surface area (Å²) < 4.78 is 5.98. The van der Waals surface area contributed by atoms with E-state index in [-0.39, 0.29) is 18.3 Å². The number of ether oxygens (including phenoxy) is 1. The zero-order valence-electron chi connectivity index (χ0n) is 17.8. The Hall–Kier alpha value is -2.36. The Morgan fingerprint density at radius 3 is 2.59 bits per heavy atom. The van der Waals surface area contributed by atoms with Gasteiger partial charge in [-0.3, -0.25) is 4.79 Å². The number of hydrogen-bond donors (Lipinski definition) is 1. The molecule has 2 aromatic heterocycles. The third-order valence-electron chi connectivity index (χ3n) is 4.63. The molecule has 0 saturated carbocycles. The number of nitrogens with zero attached hydrogens (tertiary/aromatic N) is 1. The Balaban J connectivity index is 1.46. The number of nitrogens with one attached hydrogen (secondary N) is 1. The van der Waals surface area contributed by atoms with Crippen molar-refractivity contribution in [2.24, 2.45) is 0 Å². The zero-order valence-corrected chi connectivity index (χ0v) is 21.8. The fraction of sp³-hybridized carbons (Fsp3) is 0.125. The molecule has 34 heavy (non-hydrogen) atoms. The summed E-state index contributed by atoms with van der Waals surface area (Å²) in [6.45, 7) is 2.00. The summed E-state index contributed by atoms with van der Waals surface area (Å²) >= 11 is 16.3. The first-order valence-electron chi connectivity index (χ1n) is 10.1. The molecule has 10 heteroatoms. The van der Waals surface area contributed by atoms with Gasteiger partial charge in [-0.1, -0.05) is 65.3 Å². The molecule has 0 aliphatic carbocycles. The normalized spacial score (nSPS) is 10.8. The highest BCUT2D eigenvalue weighted by Crippen LogP contribution is 2.37. The van der Waals surface area contributed by atoms with Crippen LogP contribution >= 0.6 is 57.6 Å². The molecule has 0 spiro atoms. The van der Waals surface area contributed by atoms with Crippen LogP contribution in [0.4, 0.5) is 5.00 Å². The fourth-order valence-corrected chi connectivity index (χ4v) is 6.23. The standard InChI is InChI=1S/C24H18Cl2N2O3S3/c1-2-31-23(30)21-17(14-6-4-3-5-7-14)11-32-22(21)28-20(29)13-34-24-27-19(12-33-24)16-9-8-15(25)10-18(16)26/h3-12H,2,13H2,1H3,(H,28,29). The molecule has 0 bridgehead atoms. The summed E-state index contributed by atoms with van der Waals surface area (Å²) in [5, 5.41) is 8.15. The van der Waals surface area contributed by atoms with E-state index in [1.165, 1.54) is 34.4 Å². The van der Waals surface area contributed by atoms with Crippen LogP contribution in [0.25, 0.3) is 22.4 Å². The van der Waals surface area contributed by atoms with Gasteiger partial charge in [0.25, 0.3) is 0 Å². The van der Waals surface area contributed by atoms with E-state index in [0.717, 1.165) is 26.7 Å². The second-order valence-electron chi connectivity index (χ2n) is 6.90.